The highest BCUT2D eigenvalue weighted by Gasteiger charge is 2.59. The summed E-state index contributed by atoms with van der Waals surface area (Å²) in [4.78, 5) is 12.9. The van der Waals surface area contributed by atoms with Crippen LogP contribution < -0.4 is 16.4 Å². The van der Waals surface area contributed by atoms with Crippen LogP contribution in [0.3, 0.4) is 0 Å². The maximum Gasteiger partial charge on any atom is 0.239 e. The third-order valence-electron chi connectivity index (χ3n) is 7.01. The van der Waals surface area contributed by atoms with Gasteiger partial charge >= 0.3 is 0 Å². The molecule has 2 atom stereocenters. The summed E-state index contributed by atoms with van der Waals surface area (Å²) in [6.45, 7) is 5.93. The minimum atomic E-state index is -3.93. The molecule has 3 rings (SSSR count). The quantitative estimate of drug-likeness (QED) is 0.598. The molecule has 1 saturated heterocycles. The van der Waals surface area contributed by atoms with E-state index in [2.05, 4.69) is 24.5 Å². The predicted octanol–water partition coefficient (Wildman–Crippen LogP) is 3.23. The first-order valence-electron chi connectivity index (χ1n) is 10.9. The van der Waals surface area contributed by atoms with Gasteiger partial charge < -0.3 is 16.4 Å². The van der Waals surface area contributed by atoms with Gasteiger partial charge in [0.05, 0.1) is 10.6 Å². The number of primary amides is 1. The number of para-hydroxylation sites is 1. The summed E-state index contributed by atoms with van der Waals surface area (Å²) in [6.07, 6.45) is 6.05. The van der Waals surface area contributed by atoms with Gasteiger partial charge in [-0.2, -0.15) is 0 Å². The van der Waals surface area contributed by atoms with Crippen LogP contribution in [-0.2, 0) is 14.6 Å². The van der Waals surface area contributed by atoms with Crippen molar-refractivity contribution in [2.24, 2.45) is 11.1 Å². The summed E-state index contributed by atoms with van der Waals surface area (Å²) >= 11 is 0. The molecule has 4 N–H and O–H groups in total. The molecule has 0 radical (unpaired) electrons. The zero-order chi connectivity index (χ0) is 21.1. The fourth-order valence-electron chi connectivity index (χ4n) is 5.18. The molecule has 1 saturated carbocycles. The summed E-state index contributed by atoms with van der Waals surface area (Å²) in [5.74, 6) is -0.705. The van der Waals surface area contributed by atoms with Crippen LogP contribution in [0.25, 0.3) is 0 Å². The van der Waals surface area contributed by atoms with Gasteiger partial charge in [-0.3, -0.25) is 4.79 Å². The molecule has 1 aliphatic carbocycles. The number of hydrogen-bond acceptors (Lipinski definition) is 5. The Bertz CT molecular complexity index is 833. The minimum absolute atomic E-state index is 0.107. The van der Waals surface area contributed by atoms with E-state index in [1.54, 1.807) is 18.2 Å². The van der Waals surface area contributed by atoms with Crippen molar-refractivity contribution in [3.8, 4) is 0 Å². The Balaban J connectivity index is 2.00. The highest BCUT2D eigenvalue weighted by Crippen LogP contribution is 2.54. The van der Waals surface area contributed by atoms with Gasteiger partial charge in [0.25, 0.3) is 0 Å². The lowest BCUT2D eigenvalue weighted by Gasteiger charge is -2.36. The van der Waals surface area contributed by atoms with Gasteiger partial charge in [0.1, 0.15) is 0 Å². The summed E-state index contributed by atoms with van der Waals surface area (Å²) in [7, 11) is -3.93. The maximum absolute atomic E-state index is 13.9. The van der Waals surface area contributed by atoms with E-state index in [-0.39, 0.29) is 16.4 Å². The average Bonchev–Trinajstić information content (AvgIpc) is 3.09. The molecule has 29 heavy (non-hydrogen) atoms. The number of anilines is 1. The summed E-state index contributed by atoms with van der Waals surface area (Å²) in [5.41, 5.74) is 6.29. The van der Waals surface area contributed by atoms with Crippen molar-refractivity contribution in [2.75, 3.05) is 18.4 Å². The molecule has 1 heterocycles. The normalized spacial score (nSPS) is 25.0. The molecule has 7 heteroatoms. The lowest BCUT2D eigenvalue weighted by atomic mass is 9.77. The van der Waals surface area contributed by atoms with E-state index in [0.717, 1.165) is 51.6 Å². The molecule has 1 aromatic rings. The molecular weight excluding hydrogens is 386 g/mol. The van der Waals surface area contributed by atoms with Gasteiger partial charge in [0.2, 0.25) is 5.91 Å². The van der Waals surface area contributed by atoms with Crippen LogP contribution >= 0.6 is 0 Å². The zero-order valence-corrected chi connectivity index (χ0v) is 18.5. The lowest BCUT2D eigenvalue weighted by molar-refractivity contribution is -0.120. The first-order chi connectivity index (χ1) is 13.8. The van der Waals surface area contributed by atoms with Crippen LogP contribution in [0.4, 0.5) is 5.69 Å². The topological polar surface area (TPSA) is 101 Å². The SMILES string of the molecule is CCCC(CC)Nc1ccccc1S(=O)(=O)C1(C(N)=O)CCC2(CCNCC2)C1. The Hall–Kier alpha value is -1.60. The van der Waals surface area contributed by atoms with Crippen molar-refractivity contribution in [1.29, 1.82) is 0 Å². The number of nitrogens with two attached hydrogens (primary N) is 1. The third-order valence-corrected chi connectivity index (χ3v) is 9.53. The van der Waals surface area contributed by atoms with Crippen LogP contribution in [0.2, 0.25) is 0 Å². The fourth-order valence-corrected chi connectivity index (χ4v) is 7.41. The summed E-state index contributed by atoms with van der Waals surface area (Å²) in [6, 6.07) is 7.17. The van der Waals surface area contributed by atoms with Gasteiger partial charge in [0, 0.05) is 6.04 Å². The van der Waals surface area contributed by atoms with E-state index in [1.807, 2.05) is 6.07 Å². The Labute approximate surface area is 174 Å². The number of benzene rings is 1. The Morgan fingerprint density at radius 1 is 1.17 bits per heavy atom. The van der Waals surface area contributed by atoms with Crippen molar-refractivity contribution < 1.29 is 13.2 Å². The highest BCUT2D eigenvalue weighted by atomic mass is 32.2. The number of carbonyl (C=O) groups excluding carboxylic acids is 1. The second-order valence-corrected chi connectivity index (χ2v) is 11.1. The van der Waals surface area contributed by atoms with Crippen LogP contribution in [0, 0.1) is 5.41 Å². The van der Waals surface area contributed by atoms with Crippen molar-refractivity contribution in [3.63, 3.8) is 0 Å². The standard InChI is InChI=1S/C22H35N3O3S/c1-3-7-17(4-2)25-18-8-5-6-9-19(18)29(27,28)22(20(23)26)11-10-21(16-22)12-14-24-15-13-21/h5-6,8-9,17,24-25H,3-4,7,10-16H2,1-2H3,(H2,23,26). The van der Waals surface area contributed by atoms with Crippen molar-refractivity contribution in [2.45, 2.75) is 80.9 Å². The summed E-state index contributed by atoms with van der Waals surface area (Å²) < 4.78 is 26.3. The van der Waals surface area contributed by atoms with Crippen molar-refractivity contribution >= 4 is 21.4 Å². The molecule has 6 nitrogen and oxygen atoms in total. The molecule has 162 valence electrons. The average molecular weight is 422 g/mol. The molecule has 0 bridgehead atoms. The fraction of sp³-hybridized carbons (Fsp3) is 0.682. The number of piperidine rings is 1. The number of hydrogen-bond donors (Lipinski definition) is 3. The second kappa shape index (κ2) is 8.64. The minimum Gasteiger partial charge on any atom is -0.381 e. The van der Waals surface area contributed by atoms with E-state index in [1.165, 1.54) is 0 Å². The highest BCUT2D eigenvalue weighted by molar-refractivity contribution is 7.93. The van der Waals surface area contributed by atoms with Crippen LogP contribution in [-0.4, -0.2) is 38.2 Å². The smallest absolute Gasteiger partial charge is 0.239 e. The van der Waals surface area contributed by atoms with Crippen molar-refractivity contribution in [3.05, 3.63) is 24.3 Å². The van der Waals surface area contributed by atoms with Crippen LogP contribution in [0.15, 0.2) is 29.2 Å². The first kappa shape index (κ1) is 22.1. The number of amides is 1. The first-order valence-corrected chi connectivity index (χ1v) is 12.4. The molecule has 1 spiro atoms. The molecule has 1 aromatic carbocycles. The maximum atomic E-state index is 13.9. The van der Waals surface area contributed by atoms with E-state index in [4.69, 9.17) is 5.73 Å². The zero-order valence-electron chi connectivity index (χ0n) is 17.7. The molecule has 0 aromatic heterocycles. The molecule has 2 unspecified atom stereocenters. The van der Waals surface area contributed by atoms with E-state index >= 15 is 0 Å². The van der Waals surface area contributed by atoms with Gasteiger partial charge in [-0.05, 0) is 75.6 Å². The van der Waals surface area contributed by atoms with Crippen molar-refractivity contribution in [1.82, 2.24) is 5.32 Å². The molecular formula is C22H35N3O3S. The Kier molecular flexibility index (Phi) is 6.58. The van der Waals surface area contributed by atoms with E-state index in [0.29, 0.717) is 18.5 Å². The van der Waals surface area contributed by atoms with E-state index < -0.39 is 20.5 Å². The third kappa shape index (κ3) is 4.04. The summed E-state index contributed by atoms with van der Waals surface area (Å²) in [5, 5.41) is 6.75. The molecule has 1 amide bonds. The predicted molar refractivity (Wildman–Crippen MR) is 117 cm³/mol. The lowest BCUT2D eigenvalue weighted by Crippen LogP contribution is -2.50. The van der Waals surface area contributed by atoms with Gasteiger partial charge in [-0.15, -0.1) is 0 Å². The van der Waals surface area contributed by atoms with Gasteiger partial charge in [0.15, 0.2) is 14.6 Å². The number of sulfone groups is 1. The van der Waals surface area contributed by atoms with E-state index in [9.17, 15) is 13.2 Å². The second-order valence-electron chi connectivity index (χ2n) is 8.82. The Morgan fingerprint density at radius 2 is 1.86 bits per heavy atom. The number of nitrogens with one attached hydrogen (secondary N) is 2. The van der Waals surface area contributed by atoms with Gasteiger partial charge in [-0.1, -0.05) is 32.4 Å². The van der Waals surface area contributed by atoms with Crippen LogP contribution in [0.1, 0.15) is 65.2 Å². The number of carbonyl (C=O) groups is 1. The molecule has 2 fully saturated rings. The monoisotopic (exact) mass is 421 g/mol. The van der Waals surface area contributed by atoms with Gasteiger partial charge in [-0.25, -0.2) is 8.42 Å². The largest absolute Gasteiger partial charge is 0.381 e. The Morgan fingerprint density at radius 3 is 2.48 bits per heavy atom. The van der Waals surface area contributed by atoms with Crippen LogP contribution in [0.5, 0.6) is 0 Å². The number of rotatable bonds is 8. The molecule has 1 aliphatic heterocycles. The molecule has 2 aliphatic rings.